The van der Waals surface area contributed by atoms with E-state index in [1.54, 1.807) is 12.1 Å². The van der Waals surface area contributed by atoms with Crippen LogP contribution in [0.5, 0.6) is 0 Å². The molecule has 0 bridgehead atoms. The first-order valence-corrected chi connectivity index (χ1v) is 5.23. The third-order valence-corrected chi connectivity index (χ3v) is 2.52. The maximum Gasteiger partial charge on any atom is 0.224 e. The Balaban J connectivity index is 3.03. The van der Waals surface area contributed by atoms with Crippen LogP contribution in [-0.4, -0.2) is 17.5 Å². The zero-order chi connectivity index (χ0) is 7.56. The quantitative estimate of drug-likeness (QED) is 0.487. The van der Waals surface area contributed by atoms with Gasteiger partial charge >= 0.3 is 0 Å². The summed E-state index contributed by atoms with van der Waals surface area (Å²) in [5.74, 6) is -0.321. The van der Waals surface area contributed by atoms with Crippen LogP contribution in [0.2, 0.25) is 0 Å². The van der Waals surface area contributed by atoms with Crippen molar-refractivity contribution < 1.29 is 4.39 Å². The van der Waals surface area contributed by atoms with Crippen LogP contribution in [0.1, 0.15) is 0 Å². The molecule has 0 aliphatic carbocycles. The first kappa shape index (κ1) is 7.54. The van der Waals surface area contributed by atoms with Crippen molar-refractivity contribution in [1.29, 1.82) is 0 Å². The van der Waals surface area contributed by atoms with Crippen LogP contribution in [-0.2, 0) is 0 Å². The molecule has 56 valence electrons. The van der Waals surface area contributed by atoms with Crippen molar-refractivity contribution in [3.8, 4) is 0 Å². The second-order valence-corrected chi connectivity index (χ2v) is 4.48. The summed E-state index contributed by atoms with van der Waals surface area (Å²) in [6.07, 6.45) is 5.49. The Bertz CT molecular complexity index is 225. The molecule has 1 aromatic rings. The minimum Gasteiger partial charge on any atom is -0.228 e. The highest BCUT2D eigenvalue weighted by atomic mass is 32.2. The molecule has 0 atom stereocenters. The smallest absolute Gasteiger partial charge is 0.224 e. The van der Waals surface area contributed by atoms with E-state index in [1.807, 2.05) is 12.5 Å². The van der Waals surface area contributed by atoms with Crippen LogP contribution in [0, 0.1) is 5.95 Å². The second kappa shape index (κ2) is 3.01. The summed E-state index contributed by atoms with van der Waals surface area (Å²) >= 11 is 0. The topological polar surface area (TPSA) is 12.9 Å². The molecule has 0 fully saturated rings. The lowest BCUT2D eigenvalue weighted by Gasteiger charge is -2.08. The van der Waals surface area contributed by atoms with E-state index in [0.717, 1.165) is 4.90 Å². The lowest BCUT2D eigenvalue weighted by atomic mass is 10.5. The molecule has 1 nitrogen and oxygen atoms in total. The Hall–Kier alpha value is -0.570. The van der Waals surface area contributed by atoms with Gasteiger partial charge in [0.1, 0.15) is 0 Å². The zero-order valence-electron chi connectivity index (χ0n) is 6.00. The van der Waals surface area contributed by atoms with Gasteiger partial charge in [0, 0.05) is 11.1 Å². The molecule has 0 aliphatic heterocycles. The van der Waals surface area contributed by atoms with Crippen molar-refractivity contribution in [2.75, 3.05) is 12.5 Å². The molecule has 1 heterocycles. The Kier molecular flexibility index (Phi) is 2.27. The average Bonchev–Trinajstić information content (AvgIpc) is 1.88. The highest BCUT2D eigenvalue weighted by molar-refractivity contribution is 8.15. The van der Waals surface area contributed by atoms with E-state index in [-0.39, 0.29) is 16.8 Å². The fourth-order valence-corrected chi connectivity index (χ4v) is 1.52. The second-order valence-electron chi connectivity index (χ2n) is 2.21. The Morgan fingerprint density at radius 1 is 1.50 bits per heavy atom. The van der Waals surface area contributed by atoms with Gasteiger partial charge in [-0.25, -0.2) is 15.9 Å². The van der Waals surface area contributed by atoms with E-state index < -0.39 is 0 Å². The van der Waals surface area contributed by atoms with Crippen molar-refractivity contribution in [3.63, 3.8) is 0 Å². The van der Waals surface area contributed by atoms with Gasteiger partial charge in [-0.3, -0.25) is 0 Å². The van der Waals surface area contributed by atoms with Crippen LogP contribution in [0.4, 0.5) is 4.39 Å². The molecule has 0 saturated heterocycles. The van der Waals surface area contributed by atoms with Crippen LogP contribution in [0.3, 0.4) is 0 Å². The van der Waals surface area contributed by atoms with Crippen molar-refractivity contribution in [3.05, 3.63) is 24.3 Å². The highest BCUT2D eigenvalue weighted by Crippen LogP contribution is 2.28. The van der Waals surface area contributed by atoms with Crippen molar-refractivity contribution in [1.82, 2.24) is 4.98 Å². The predicted octanol–water partition coefficient (Wildman–Crippen LogP) is 1.84. The zero-order valence-corrected chi connectivity index (χ0v) is 6.90. The first-order valence-electron chi connectivity index (χ1n) is 2.99. The van der Waals surface area contributed by atoms with Gasteiger partial charge in [-0.15, -0.1) is 0 Å². The van der Waals surface area contributed by atoms with Gasteiger partial charge in [-0.05, 0) is 24.6 Å². The van der Waals surface area contributed by atoms with Crippen LogP contribution in [0.15, 0.2) is 23.2 Å². The fourth-order valence-electron chi connectivity index (χ4n) is 0.711. The van der Waals surface area contributed by atoms with Crippen molar-refractivity contribution in [2.45, 2.75) is 4.90 Å². The number of hydrogen-bond acceptors (Lipinski definition) is 1. The molecule has 3 heteroatoms. The summed E-state index contributed by atoms with van der Waals surface area (Å²) in [7, 11) is -0.354. The Labute approximate surface area is 62.6 Å². The SMILES string of the molecule is C[SH](C)c1cccnc1F. The summed E-state index contributed by atoms with van der Waals surface area (Å²) in [4.78, 5) is 4.30. The predicted molar refractivity (Wildman–Crippen MR) is 43.3 cm³/mol. The van der Waals surface area contributed by atoms with Gasteiger partial charge in [-0.2, -0.15) is 4.39 Å². The average molecular weight is 159 g/mol. The van der Waals surface area contributed by atoms with E-state index in [1.165, 1.54) is 6.20 Å². The molecule has 0 aliphatic rings. The van der Waals surface area contributed by atoms with E-state index in [4.69, 9.17) is 0 Å². The molecule has 0 aromatic carbocycles. The van der Waals surface area contributed by atoms with Gasteiger partial charge in [0.15, 0.2) is 0 Å². The van der Waals surface area contributed by atoms with Crippen molar-refractivity contribution >= 4 is 10.9 Å². The van der Waals surface area contributed by atoms with Crippen LogP contribution < -0.4 is 0 Å². The largest absolute Gasteiger partial charge is 0.228 e. The highest BCUT2D eigenvalue weighted by Gasteiger charge is 2.01. The van der Waals surface area contributed by atoms with E-state index in [2.05, 4.69) is 4.98 Å². The van der Waals surface area contributed by atoms with Gasteiger partial charge in [0.2, 0.25) is 5.95 Å². The van der Waals surface area contributed by atoms with Crippen molar-refractivity contribution in [2.24, 2.45) is 0 Å². The number of aromatic nitrogens is 1. The lowest BCUT2D eigenvalue weighted by Crippen LogP contribution is -1.87. The molecule has 0 radical (unpaired) electrons. The molecule has 0 N–H and O–H groups in total. The number of rotatable bonds is 1. The monoisotopic (exact) mass is 159 g/mol. The fraction of sp³-hybridized carbons (Fsp3) is 0.286. The maximum atomic E-state index is 12.7. The Morgan fingerprint density at radius 2 is 2.20 bits per heavy atom. The molecule has 0 amide bonds. The molecule has 0 unspecified atom stereocenters. The normalized spacial score (nSPS) is 11.3. The van der Waals surface area contributed by atoms with E-state index >= 15 is 0 Å². The summed E-state index contributed by atoms with van der Waals surface area (Å²) in [6.45, 7) is 0. The van der Waals surface area contributed by atoms with Gasteiger partial charge in [0.25, 0.3) is 0 Å². The number of pyridine rings is 1. The summed E-state index contributed by atoms with van der Waals surface area (Å²) in [5.41, 5.74) is 0. The summed E-state index contributed by atoms with van der Waals surface area (Å²) < 4.78 is 12.7. The lowest BCUT2D eigenvalue weighted by molar-refractivity contribution is 0.557. The standard InChI is InChI=1S/C7H10FNS/c1-10(2)6-4-3-5-9-7(6)8/h3-5,10H,1-2H3. The number of halogens is 1. The molecule has 0 saturated carbocycles. The first-order chi connectivity index (χ1) is 4.72. The van der Waals surface area contributed by atoms with Crippen LogP contribution >= 0.6 is 10.9 Å². The molecule has 10 heavy (non-hydrogen) atoms. The van der Waals surface area contributed by atoms with Gasteiger partial charge in [0.05, 0.1) is 0 Å². The Morgan fingerprint density at radius 3 is 2.60 bits per heavy atom. The third-order valence-electron chi connectivity index (χ3n) is 1.22. The summed E-state index contributed by atoms with van der Waals surface area (Å²) in [5, 5.41) is 0. The number of nitrogens with zero attached hydrogens (tertiary/aromatic N) is 1. The molecular formula is C7H10FNS. The van der Waals surface area contributed by atoms with E-state index in [0.29, 0.717) is 0 Å². The maximum absolute atomic E-state index is 12.7. The van der Waals surface area contributed by atoms with Gasteiger partial charge in [-0.1, -0.05) is 0 Å². The summed E-state index contributed by atoms with van der Waals surface area (Å²) in [6, 6.07) is 3.55. The molecule has 1 aromatic heterocycles. The minimum absolute atomic E-state index is 0.321. The van der Waals surface area contributed by atoms with Gasteiger partial charge < -0.3 is 0 Å². The van der Waals surface area contributed by atoms with Crippen LogP contribution in [0.25, 0.3) is 0 Å². The van der Waals surface area contributed by atoms with E-state index in [9.17, 15) is 4.39 Å². The minimum atomic E-state index is -0.354. The molecular weight excluding hydrogens is 149 g/mol. The molecule has 0 spiro atoms. The number of hydrogen-bond donors (Lipinski definition) is 1. The third kappa shape index (κ3) is 1.48. The number of thiol groups is 1. The molecule has 1 rings (SSSR count).